The Morgan fingerprint density at radius 3 is 2.91 bits per heavy atom. The van der Waals surface area contributed by atoms with Crippen LogP contribution in [0.2, 0.25) is 0 Å². The molecular weight excluding hydrogens is 290 g/mol. The Balaban J connectivity index is 1.57. The van der Waals surface area contributed by atoms with Crippen LogP contribution >= 0.6 is 0 Å². The third-order valence-corrected chi connectivity index (χ3v) is 4.42. The second-order valence-corrected chi connectivity index (χ2v) is 6.62. The molecule has 0 aromatic heterocycles. The summed E-state index contributed by atoms with van der Waals surface area (Å²) < 4.78 is 0. The first-order chi connectivity index (χ1) is 11.1. The lowest BCUT2D eigenvalue weighted by atomic mass is 10.1. The molecule has 1 saturated heterocycles. The molecule has 2 aliphatic rings. The van der Waals surface area contributed by atoms with E-state index in [0.717, 1.165) is 43.5 Å². The van der Waals surface area contributed by atoms with Gasteiger partial charge in [-0.15, -0.1) is 0 Å². The van der Waals surface area contributed by atoms with E-state index in [1.165, 1.54) is 0 Å². The molecule has 1 saturated carbocycles. The number of carbonyl (C=O) groups excluding carboxylic acids is 2. The molecule has 2 amide bonds. The van der Waals surface area contributed by atoms with Crippen molar-refractivity contribution in [3.05, 3.63) is 29.8 Å². The molecule has 1 heterocycles. The van der Waals surface area contributed by atoms with Crippen molar-refractivity contribution >= 4 is 17.5 Å². The van der Waals surface area contributed by atoms with Crippen LogP contribution < -0.4 is 10.6 Å². The molecule has 0 radical (unpaired) electrons. The van der Waals surface area contributed by atoms with Crippen molar-refractivity contribution in [2.24, 2.45) is 0 Å². The number of hydrogen-bond donors (Lipinski definition) is 2. The van der Waals surface area contributed by atoms with Crippen LogP contribution in [0.3, 0.4) is 0 Å². The highest BCUT2D eigenvalue weighted by Gasteiger charge is 2.25. The van der Waals surface area contributed by atoms with E-state index in [9.17, 15) is 9.59 Å². The van der Waals surface area contributed by atoms with Crippen LogP contribution in [0.5, 0.6) is 0 Å². The van der Waals surface area contributed by atoms with Crippen LogP contribution in [0.4, 0.5) is 5.69 Å². The molecule has 3 rings (SSSR count). The lowest BCUT2D eigenvalue weighted by Gasteiger charge is -2.27. The van der Waals surface area contributed by atoms with Crippen molar-refractivity contribution in [2.45, 2.75) is 57.7 Å². The van der Waals surface area contributed by atoms with Gasteiger partial charge in [-0.25, -0.2) is 0 Å². The normalized spacial score (nSPS) is 19.3. The fourth-order valence-electron chi connectivity index (χ4n) is 2.88. The molecule has 0 spiro atoms. The van der Waals surface area contributed by atoms with Gasteiger partial charge >= 0.3 is 0 Å². The molecule has 1 aromatic rings. The molecule has 1 aliphatic carbocycles. The summed E-state index contributed by atoms with van der Waals surface area (Å²) in [4.78, 5) is 25.9. The number of anilines is 1. The van der Waals surface area contributed by atoms with Gasteiger partial charge in [0.25, 0.3) is 0 Å². The fourth-order valence-corrected chi connectivity index (χ4v) is 2.88. The average molecular weight is 315 g/mol. The van der Waals surface area contributed by atoms with Gasteiger partial charge in [0.05, 0.1) is 0 Å². The quantitative estimate of drug-likeness (QED) is 0.846. The smallest absolute Gasteiger partial charge is 0.242 e. The summed E-state index contributed by atoms with van der Waals surface area (Å²) in [5.41, 5.74) is 2.02. The second-order valence-electron chi connectivity index (χ2n) is 6.62. The largest absolute Gasteiger partial charge is 0.374 e. The number of likely N-dealkylation sites (tertiary alicyclic amines) is 1. The van der Waals surface area contributed by atoms with Crippen LogP contribution in [0, 0.1) is 0 Å². The van der Waals surface area contributed by atoms with Crippen molar-refractivity contribution < 1.29 is 9.59 Å². The predicted octanol–water partition coefficient (Wildman–Crippen LogP) is 2.28. The second kappa shape index (κ2) is 7.02. The molecular formula is C18H25N3O2. The predicted molar refractivity (Wildman–Crippen MR) is 90.0 cm³/mol. The van der Waals surface area contributed by atoms with Gasteiger partial charge in [-0.1, -0.05) is 12.1 Å². The molecule has 1 aliphatic heterocycles. The molecule has 0 bridgehead atoms. The van der Waals surface area contributed by atoms with E-state index >= 15 is 0 Å². The molecule has 23 heavy (non-hydrogen) atoms. The topological polar surface area (TPSA) is 61.4 Å². The first-order valence-corrected chi connectivity index (χ1v) is 8.55. The lowest BCUT2D eigenvalue weighted by molar-refractivity contribution is -0.133. The SMILES string of the molecule is CC(Nc1cccc(CN2CCCCC2=O)c1)C(=O)NC1CC1. The van der Waals surface area contributed by atoms with Crippen molar-refractivity contribution in [2.75, 3.05) is 11.9 Å². The summed E-state index contributed by atoms with van der Waals surface area (Å²) in [6, 6.07) is 8.11. The van der Waals surface area contributed by atoms with Gasteiger partial charge in [0, 0.05) is 31.2 Å². The summed E-state index contributed by atoms with van der Waals surface area (Å²) in [5, 5.41) is 6.25. The van der Waals surface area contributed by atoms with Crippen LogP contribution in [0.1, 0.15) is 44.6 Å². The molecule has 1 unspecified atom stereocenters. The number of rotatable bonds is 6. The van der Waals surface area contributed by atoms with Crippen molar-refractivity contribution in [1.82, 2.24) is 10.2 Å². The van der Waals surface area contributed by atoms with E-state index in [-0.39, 0.29) is 17.9 Å². The monoisotopic (exact) mass is 315 g/mol. The third kappa shape index (κ3) is 4.47. The van der Waals surface area contributed by atoms with Crippen molar-refractivity contribution in [3.63, 3.8) is 0 Å². The van der Waals surface area contributed by atoms with E-state index in [4.69, 9.17) is 0 Å². The first kappa shape index (κ1) is 15.8. The van der Waals surface area contributed by atoms with Gasteiger partial charge in [-0.2, -0.15) is 0 Å². The zero-order valence-electron chi connectivity index (χ0n) is 13.7. The highest BCUT2D eigenvalue weighted by Crippen LogP contribution is 2.20. The molecule has 124 valence electrons. The van der Waals surface area contributed by atoms with E-state index in [2.05, 4.69) is 10.6 Å². The van der Waals surface area contributed by atoms with Crippen molar-refractivity contribution in [3.8, 4) is 0 Å². The summed E-state index contributed by atoms with van der Waals surface area (Å²) in [7, 11) is 0. The Hall–Kier alpha value is -2.04. The summed E-state index contributed by atoms with van der Waals surface area (Å²) in [6.07, 6.45) is 4.94. The highest BCUT2D eigenvalue weighted by molar-refractivity contribution is 5.84. The number of nitrogens with zero attached hydrogens (tertiary/aromatic N) is 1. The summed E-state index contributed by atoms with van der Waals surface area (Å²) in [6.45, 7) is 3.37. The minimum atomic E-state index is -0.262. The number of nitrogens with one attached hydrogen (secondary N) is 2. The zero-order chi connectivity index (χ0) is 16.2. The third-order valence-electron chi connectivity index (χ3n) is 4.42. The maximum Gasteiger partial charge on any atom is 0.242 e. The van der Waals surface area contributed by atoms with E-state index in [0.29, 0.717) is 19.0 Å². The Kier molecular flexibility index (Phi) is 4.84. The maximum absolute atomic E-state index is 12.0. The first-order valence-electron chi connectivity index (χ1n) is 8.55. The van der Waals surface area contributed by atoms with E-state index in [1.807, 2.05) is 36.1 Å². The summed E-state index contributed by atoms with van der Waals surface area (Å²) >= 11 is 0. The number of carbonyl (C=O) groups is 2. The summed E-state index contributed by atoms with van der Waals surface area (Å²) in [5.74, 6) is 0.288. The van der Waals surface area contributed by atoms with Crippen LogP contribution in [0.15, 0.2) is 24.3 Å². The zero-order valence-corrected chi connectivity index (χ0v) is 13.7. The Morgan fingerprint density at radius 2 is 2.17 bits per heavy atom. The van der Waals surface area contributed by atoms with Crippen LogP contribution in [-0.4, -0.2) is 35.3 Å². The molecule has 1 atom stereocenters. The van der Waals surface area contributed by atoms with Gasteiger partial charge in [-0.05, 0) is 50.3 Å². The number of piperidine rings is 1. The van der Waals surface area contributed by atoms with Crippen LogP contribution in [0.25, 0.3) is 0 Å². The van der Waals surface area contributed by atoms with Gasteiger partial charge in [0.1, 0.15) is 6.04 Å². The standard InChI is InChI=1S/C18H25N3O2/c1-13(18(23)20-15-8-9-15)19-16-6-4-5-14(11-16)12-21-10-3-2-7-17(21)22/h4-6,11,13,15,19H,2-3,7-10,12H2,1H3,(H,20,23). The number of hydrogen-bond acceptors (Lipinski definition) is 3. The molecule has 2 fully saturated rings. The van der Waals surface area contributed by atoms with E-state index < -0.39 is 0 Å². The maximum atomic E-state index is 12.0. The highest BCUT2D eigenvalue weighted by atomic mass is 16.2. The van der Waals surface area contributed by atoms with Gasteiger partial charge in [-0.3, -0.25) is 9.59 Å². The minimum Gasteiger partial charge on any atom is -0.374 e. The Bertz CT molecular complexity index is 583. The van der Waals surface area contributed by atoms with Gasteiger partial charge in [0.15, 0.2) is 0 Å². The Labute approximate surface area is 137 Å². The molecule has 1 aromatic carbocycles. The van der Waals surface area contributed by atoms with E-state index in [1.54, 1.807) is 0 Å². The van der Waals surface area contributed by atoms with Gasteiger partial charge in [0.2, 0.25) is 11.8 Å². The number of benzene rings is 1. The molecule has 5 nitrogen and oxygen atoms in total. The fraction of sp³-hybridized carbons (Fsp3) is 0.556. The number of amides is 2. The lowest BCUT2D eigenvalue weighted by Crippen LogP contribution is -2.38. The Morgan fingerprint density at radius 1 is 1.35 bits per heavy atom. The van der Waals surface area contributed by atoms with Crippen molar-refractivity contribution in [1.29, 1.82) is 0 Å². The minimum absolute atomic E-state index is 0.0455. The van der Waals surface area contributed by atoms with Gasteiger partial charge < -0.3 is 15.5 Å². The average Bonchev–Trinajstić information content (AvgIpc) is 3.34. The van der Waals surface area contributed by atoms with Crippen LogP contribution in [-0.2, 0) is 16.1 Å². The molecule has 2 N–H and O–H groups in total. The molecule has 5 heteroatoms.